The molecule has 2 aromatic rings. The van der Waals surface area contributed by atoms with Crippen LogP contribution in [0.1, 0.15) is 31.4 Å². The van der Waals surface area contributed by atoms with Crippen LogP contribution >= 0.6 is 15.9 Å². The van der Waals surface area contributed by atoms with Gasteiger partial charge in [-0.05, 0) is 68.4 Å². The summed E-state index contributed by atoms with van der Waals surface area (Å²) in [7, 11) is -3.65. The Labute approximate surface area is 182 Å². The molecule has 1 atom stereocenters. The van der Waals surface area contributed by atoms with Crippen LogP contribution in [0.5, 0.6) is 0 Å². The summed E-state index contributed by atoms with van der Waals surface area (Å²) < 4.78 is 27.9. The molecule has 158 valence electrons. The molecule has 0 saturated carbocycles. The van der Waals surface area contributed by atoms with E-state index in [1.807, 2.05) is 0 Å². The number of benzene rings is 2. The molecule has 3 N–H and O–H groups in total. The molecule has 29 heavy (non-hydrogen) atoms. The van der Waals surface area contributed by atoms with Crippen LogP contribution in [0.2, 0.25) is 0 Å². The lowest BCUT2D eigenvalue weighted by atomic mass is 9.88. The zero-order valence-electron chi connectivity index (χ0n) is 16.9. The lowest BCUT2D eigenvalue weighted by Gasteiger charge is -2.30. The predicted octanol–water partition coefficient (Wildman–Crippen LogP) is 3.26. The third-order valence-corrected chi connectivity index (χ3v) is 7.28. The fourth-order valence-electron chi connectivity index (χ4n) is 3.98. The van der Waals surface area contributed by atoms with E-state index in [1.54, 1.807) is 12.1 Å². The average Bonchev–Trinajstić information content (AvgIpc) is 3.06. The molecule has 0 amide bonds. The maximum Gasteiger partial charge on any atom is 0.240 e. The first-order chi connectivity index (χ1) is 13.6. The normalized spacial score (nSPS) is 16.0. The number of halogens is 1. The summed E-state index contributed by atoms with van der Waals surface area (Å²) in [5.41, 5.74) is 2.74. The minimum Gasteiger partial charge on any atom is -0.390 e. The first-order valence-electron chi connectivity index (χ1n) is 9.90. The lowest BCUT2D eigenvalue weighted by molar-refractivity contribution is 0.156. The molecule has 3 rings (SSSR count). The Morgan fingerprint density at radius 3 is 2.38 bits per heavy atom. The smallest absolute Gasteiger partial charge is 0.240 e. The number of hydrogen-bond acceptors (Lipinski definition) is 4. The number of rotatable bonds is 9. The van der Waals surface area contributed by atoms with Gasteiger partial charge in [-0.2, -0.15) is 0 Å². The van der Waals surface area contributed by atoms with E-state index in [1.165, 1.54) is 23.3 Å². The summed E-state index contributed by atoms with van der Waals surface area (Å²) in [6, 6.07) is 15.1. The molecule has 1 unspecified atom stereocenters. The number of sulfonamides is 1. The Hall–Kier alpha value is -1.25. The van der Waals surface area contributed by atoms with E-state index in [0.29, 0.717) is 16.9 Å². The Kier molecular flexibility index (Phi) is 7.17. The van der Waals surface area contributed by atoms with Gasteiger partial charge in [-0.3, -0.25) is 0 Å². The molecule has 0 aromatic heterocycles. The maximum absolute atomic E-state index is 12.4. The van der Waals surface area contributed by atoms with E-state index in [2.05, 4.69) is 64.1 Å². The Morgan fingerprint density at radius 1 is 1.10 bits per heavy atom. The molecule has 5 nitrogen and oxygen atoms in total. The van der Waals surface area contributed by atoms with Gasteiger partial charge in [0.1, 0.15) is 0 Å². The van der Waals surface area contributed by atoms with Gasteiger partial charge >= 0.3 is 0 Å². The summed E-state index contributed by atoms with van der Waals surface area (Å²) >= 11 is 3.28. The zero-order valence-corrected chi connectivity index (χ0v) is 19.3. The largest absolute Gasteiger partial charge is 0.390 e. The van der Waals surface area contributed by atoms with Crippen LogP contribution in [0.25, 0.3) is 0 Å². The van der Waals surface area contributed by atoms with Gasteiger partial charge in [-0.25, -0.2) is 13.1 Å². The Morgan fingerprint density at radius 2 is 1.76 bits per heavy atom. The number of fused-ring (bicyclic) bond motifs is 1. The van der Waals surface area contributed by atoms with Gasteiger partial charge in [0.25, 0.3) is 0 Å². The molecular weight excluding hydrogens is 452 g/mol. The first-order valence-corrected chi connectivity index (χ1v) is 12.2. The topological polar surface area (TPSA) is 78.4 Å². The maximum atomic E-state index is 12.4. The van der Waals surface area contributed by atoms with Gasteiger partial charge in [0.15, 0.2) is 0 Å². The number of nitrogens with one attached hydrogen (secondary N) is 2. The van der Waals surface area contributed by atoms with Crippen molar-refractivity contribution in [3.8, 4) is 0 Å². The number of aliphatic hydroxyl groups is 1. The molecule has 0 bridgehead atoms. The van der Waals surface area contributed by atoms with Crippen LogP contribution in [-0.4, -0.2) is 38.3 Å². The van der Waals surface area contributed by atoms with Crippen LogP contribution in [-0.2, 0) is 22.9 Å². The molecular formula is C22H29BrN2O3S. The predicted molar refractivity (Wildman–Crippen MR) is 119 cm³/mol. The zero-order chi connectivity index (χ0) is 21.1. The van der Waals surface area contributed by atoms with Gasteiger partial charge in [-0.1, -0.05) is 46.3 Å². The fourth-order valence-corrected chi connectivity index (χ4v) is 5.65. The minimum atomic E-state index is -3.65. The van der Waals surface area contributed by atoms with Crippen molar-refractivity contribution in [2.45, 2.75) is 49.6 Å². The molecule has 2 aromatic carbocycles. The van der Waals surface area contributed by atoms with Crippen LogP contribution < -0.4 is 10.0 Å². The first kappa shape index (κ1) is 22.4. The second kappa shape index (κ2) is 9.27. The number of aliphatic hydroxyl groups excluding tert-OH is 1. The molecule has 0 saturated heterocycles. The van der Waals surface area contributed by atoms with E-state index in [-0.39, 0.29) is 17.0 Å². The molecule has 0 aliphatic heterocycles. The lowest BCUT2D eigenvalue weighted by Crippen LogP contribution is -2.47. The second-order valence-corrected chi connectivity index (χ2v) is 11.2. The fraction of sp³-hybridized carbons (Fsp3) is 0.455. The molecule has 1 aliphatic rings. The highest BCUT2D eigenvalue weighted by Crippen LogP contribution is 2.31. The number of hydrogen-bond donors (Lipinski definition) is 3. The van der Waals surface area contributed by atoms with Crippen molar-refractivity contribution < 1.29 is 13.5 Å². The molecule has 0 fully saturated rings. The summed E-state index contributed by atoms with van der Waals surface area (Å²) in [5, 5.41) is 13.7. The van der Waals surface area contributed by atoms with Crippen LogP contribution in [0.4, 0.5) is 0 Å². The molecule has 7 heteroatoms. The third-order valence-electron chi connectivity index (χ3n) is 5.37. The van der Waals surface area contributed by atoms with Crippen molar-refractivity contribution in [3.05, 3.63) is 64.1 Å². The van der Waals surface area contributed by atoms with E-state index in [0.717, 1.165) is 19.3 Å². The van der Waals surface area contributed by atoms with Gasteiger partial charge < -0.3 is 10.4 Å². The van der Waals surface area contributed by atoms with E-state index in [9.17, 15) is 13.5 Å². The molecule has 1 aliphatic carbocycles. The van der Waals surface area contributed by atoms with Gasteiger partial charge in [0.05, 0.1) is 11.0 Å². The summed E-state index contributed by atoms with van der Waals surface area (Å²) in [6.07, 6.45) is 2.38. The van der Waals surface area contributed by atoms with Crippen molar-refractivity contribution in [2.24, 2.45) is 5.92 Å². The minimum absolute atomic E-state index is 0.0349. The van der Waals surface area contributed by atoms with Crippen molar-refractivity contribution in [2.75, 3.05) is 13.1 Å². The molecule has 0 heterocycles. The highest BCUT2D eigenvalue weighted by molar-refractivity contribution is 9.10. The van der Waals surface area contributed by atoms with Gasteiger partial charge in [0.2, 0.25) is 10.0 Å². The molecule has 0 radical (unpaired) electrons. The summed E-state index contributed by atoms with van der Waals surface area (Å²) in [5.74, 6) is 0.585. The van der Waals surface area contributed by atoms with Crippen LogP contribution in [0, 0.1) is 5.92 Å². The quantitative estimate of drug-likeness (QED) is 0.514. The summed E-state index contributed by atoms with van der Waals surface area (Å²) in [4.78, 5) is 0.174. The Balaban J connectivity index is 1.45. The number of β-amino-alcohol motifs (C(OH)–C–C–N with tert-alkyl or cyclic N) is 1. The highest BCUT2D eigenvalue weighted by atomic mass is 79.9. The SMILES string of the molecule is CC(C)(CC1Cc2ccccc2C1)NCC(O)CNS(=O)(=O)c1cccc(Br)c1. The summed E-state index contributed by atoms with van der Waals surface area (Å²) in [6.45, 7) is 4.56. The monoisotopic (exact) mass is 480 g/mol. The van der Waals surface area contributed by atoms with Crippen molar-refractivity contribution >= 4 is 26.0 Å². The molecule has 0 spiro atoms. The Bertz CT molecular complexity index is 922. The van der Waals surface area contributed by atoms with Crippen LogP contribution in [0.3, 0.4) is 0 Å². The highest BCUT2D eigenvalue weighted by Gasteiger charge is 2.28. The van der Waals surface area contributed by atoms with E-state index < -0.39 is 16.1 Å². The second-order valence-electron chi connectivity index (χ2n) is 8.47. The van der Waals surface area contributed by atoms with E-state index >= 15 is 0 Å². The van der Waals surface area contributed by atoms with Crippen LogP contribution in [0.15, 0.2) is 57.9 Å². The van der Waals surface area contributed by atoms with Crippen molar-refractivity contribution in [3.63, 3.8) is 0 Å². The van der Waals surface area contributed by atoms with Gasteiger partial charge in [-0.15, -0.1) is 0 Å². The van der Waals surface area contributed by atoms with Crippen molar-refractivity contribution in [1.82, 2.24) is 10.0 Å². The van der Waals surface area contributed by atoms with Gasteiger partial charge in [0, 0.05) is 23.1 Å². The third kappa shape index (κ3) is 6.36. The average molecular weight is 481 g/mol. The standard InChI is InChI=1S/C22H29BrN2O3S/c1-22(2,13-16-10-17-6-3-4-7-18(17)11-16)24-14-20(26)15-25-29(27,28)21-9-5-8-19(23)12-21/h3-9,12,16,20,24-26H,10-11,13-15H2,1-2H3. The van der Waals surface area contributed by atoms with Crippen molar-refractivity contribution in [1.29, 1.82) is 0 Å². The van der Waals surface area contributed by atoms with E-state index in [4.69, 9.17) is 0 Å².